The van der Waals surface area contributed by atoms with E-state index in [0.717, 1.165) is 28.0 Å². The van der Waals surface area contributed by atoms with Gasteiger partial charge in [-0.25, -0.2) is 9.97 Å². The van der Waals surface area contributed by atoms with Gasteiger partial charge in [0.05, 0.1) is 18.1 Å². The predicted octanol–water partition coefficient (Wildman–Crippen LogP) is 3.04. The Bertz CT molecular complexity index is 1220. The van der Waals surface area contributed by atoms with E-state index in [0.29, 0.717) is 30.3 Å². The first-order valence-electron chi connectivity index (χ1n) is 9.57. The summed E-state index contributed by atoms with van der Waals surface area (Å²) in [4.78, 5) is 25.3. The largest absolute Gasteiger partial charge is 0.497 e. The number of aromatic amines is 1. The molecule has 1 aliphatic heterocycles. The molecule has 1 amide bonds. The first-order valence-corrected chi connectivity index (χ1v) is 9.57. The van der Waals surface area contributed by atoms with Crippen molar-refractivity contribution in [1.29, 1.82) is 0 Å². The molecule has 1 atom stereocenters. The van der Waals surface area contributed by atoms with Gasteiger partial charge in [0.1, 0.15) is 11.4 Å². The van der Waals surface area contributed by atoms with Crippen molar-refractivity contribution in [3.63, 3.8) is 0 Å². The first-order chi connectivity index (χ1) is 14.1. The van der Waals surface area contributed by atoms with Gasteiger partial charge >= 0.3 is 0 Å². The second-order valence-electron chi connectivity index (χ2n) is 7.28. The summed E-state index contributed by atoms with van der Waals surface area (Å²) >= 11 is 0. The van der Waals surface area contributed by atoms with Crippen LogP contribution in [0.1, 0.15) is 27.7 Å². The van der Waals surface area contributed by atoms with E-state index in [4.69, 9.17) is 9.72 Å². The maximum atomic E-state index is 12.7. The van der Waals surface area contributed by atoms with Crippen LogP contribution in [0, 0.1) is 0 Å². The van der Waals surface area contributed by atoms with Crippen LogP contribution in [0.15, 0.2) is 48.5 Å². The SMILES string of the molecule is COc1cccc([C@H]2CNC(=O)c3nc(-c4nc5ccccc5n4C)[nH]c3C2)c1. The topological polar surface area (TPSA) is 84.8 Å². The number of ether oxygens (including phenoxy) is 1. The number of aromatic nitrogens is 4. The fourth-order valence-electron chi connectivity index (χ4n) is 3.96. The lowest BCUT2D eigenvalue weighted by Gasteiger charge is -2.15. The molecule has 7 nitrogen and oxygen atoms in total. The molecule has 2 N–H and O–H groups in total. The fourth-order valence-corrected chi connectivity index (χ4v) is 3.96. The molecule has 29 heavy (non-hydrogen) atoms. The molecule has 2 aromatic carbocycles. The van der Waals surface area contributed by atoms with Gasteiger partial charge in [-0.1, -0.05) is 24.3 Å². The van der Waals surface area contributed by atoms with Crippen molar-refractivity contribution in [2.75, 3.05) is 13.7 Å². The van der Waals surface area contributed by atoms with Crippen molar-refractivity contribution in [2.45, 2.75) is 12.3 Å². The number of amides is 1. The Labute approximate surface area is 167 Å². The minimum Gasteiger partial charge on any atom is -0.497 e. The van der Waals surface area contributed by atoms with E-state index in [-0.39, 0.29) is 11.8 Å². The van der Waals surface area contributed by atoms with Crippen LogP contribution in [0.4, 0.5) is 0 Å². The third-order valence-corrected chi connectivity index (χ3v) is 5.52. The molecule has 0 spiro atoms. The Morgan fingerprint density at radius 2 is 2.00 bits per heavy atom. The van der Waals surface area contributed by atoms with E-state index in [1.54, 1.807) is 7.11 Å². The summed E-state index contributed by atoms with van der Waals surface area (Å²) in [6.45, 7) is 0.553. The molecule has 0 unspecified atom stereocenters. The maximum absolute atomic E-state index is 12.7. The highest BCUT2D eigenvalue weighted by Gasteiger charge is 2.27. The van der Waals surface area contributed by atoms with E-state index in [9.17, 15) is 4.79 Å². The fraction of sp³-hybridized carbons (Fsp3) is 0.227. The number of para-hydroxylation sites is 2. The third-order valence-electron chi connectivity index (χ3n) is 5.52. The van der Waals surface area contributed by atoms with Gasteiger partial charge in [-0.05, 0) is 36.2 Å². The summed E-state index contributed by atoms with van der Waals surface area (Å²) in [6, 6.07) is 15.9. The normalized spacial score (nSPS) is 16.3. The van der Waals surface area contributed by atoms with Crippen LogP contribution in [-0.2, 0) is 13.5 Å². The molecule has 146 valence electrons. The van der Waals surface area contributed by atoms with Crippen LogP contribution < -0.4 is 10.1 Å². The number of H-pyrrole nitrogens is 1. The van der Waals surface area contributed by atoms with Gasteiger partial charge in [0.2, 0.25) is 0 Å². The van der Waals surface area contributed by atoms with Gasteiger partial charge in [-0.15, -0.1) is 0 Å². The van der Waals surface area contributed by atoms with Crippen molar-refractivity contribution in [1.82, 2.24) is 24.8 Å². The number of aryl methyl sites for hydroxylation is 1. The second-order valence-corrected chi connectivity index (χ2v) is 7.28. The van der Waals surface area contributed by atoms with Crippen LogP contribution in [0.2, 0.25) is 0 Å². The maximum Gasteiger partial charge on any atom is 0.271 e. The Hall–Kier alpha value is -3.61. The minimum absolute atomic E-state index is 0.129. The predicted molar refractivity (Wildman–Crippen MR) is 110 cm³/mol. The van der Waals surface area contributed by atoms with Gasteiger partial charge in [0.15, 0.2) is 11.6 Å². The highest BCUT2D eigenvalue weighted by atomic mass is 16.5. The summed E-state index contributed by atoms with van der Waals surface area (Å²) < 4.78 is 7.34. The summed E-state index contributed by atoms with van der Waals surface area (Å²) in [5.74, 6) is 2.10. The van der Waals surface area contributed by atoms with Crippen LogP contribution in [0.5, 0.6) is 5.75 Å². The Kier molecular flexibility index (Phi) is 4.08. The van der Waals surface area contributed by atoms with Crippen molar-refractivity contribution in [3.05, 3.63) is 65.5 Å². The number of rotatable bonds is 3. The lowest BCUT2D eigenvalue weighted by atomic mass is 9.94. The standard InChI is InChI=1S/C22H21N5O2/c1-27-18-9-4-3-8-16(18)25-21(27)20-24-17-11-14(12-23-22(28)19(17)26-20)13-6-5-7-15(10-13)29-2/h3-10,14H,11-12H2,1-2H3,(H,23,28)(H,24,26)/t14-/m1/s1. The zero-order valence-corrected chi connectivity index (χ0v) is 16.3. The molecular weight excluding hydrogens is 366 g/mol. The summed E-state index contributed by atoms with van der Waals surface area (Å²) in [5.41, 5.74) is 4.31. The molecule has 1 aliphatic rings. The molecule has 5 rings (SSSR count). The number of benzene rings is 2. The van der Waals surface area contributed by atoms with E-state index in [2.05, 4.69) is 21.4 Å². The smallest absolute Gasteiger partial charge is 0.271 e. The Morgan fingerprint density at radius 3 is 2.83 bits per heavy atom. The van der Waals surface area contributed by atoms with Crippen molar-refractivity contribution in [3.8, 4) is 17.4 Å². The average molecular weight is 387 g/mol. The van der Waals surface area contributed by atoms with Crippen LogP contribution in [0.25, 0.3) is 22.7 Å². The number of hydrogen-bond donors (Lipinski definition) is 2. The Balaban J connectivity index is 1.54. The molecule has 4 aromatic rings. The van der Waals surface area contributed by atoms with Gasteiger partial charge in [-0.2, -0.15) is 0 Å². The number of imidazole rings is 2. The number of nitrogens with zero attached hydrogens (tertiary/aromatic N) is 3. The molecule has 0 bridgehead atoms. The number of methoxy groups -OCH3 is 1. The van der Waals surface area contributed by atoms with Gasteiger partial charge in [0.25, 0.3) is 5.91 Å². The lowest BCUT2D eigenvalue weighted by Crippen LogP contribution is -2.26. The monoisotopic (exact) mass is 387 g/mol. The van der Waals surface area contributed by atoms with Crippen molar-refractivity contribution < 1.29 is 9.53 Å². The third kappa shape index (κ3) is 2.95. The average Bonchev–Trinajstić information content (AvgIpc) is 3.28. The molecule has 0 aliphatic carbocycles. The van der Waals surface area contributed by atoms with Crippen molar-refractivity contribution >= 4 is 16.9 Å². The molecule has 0 saturated carbocycles. The number of carbonyl (C=O) groups is 1. The minimum atomic E-state index is -0.160. The summed E-state index contributed by atoms with van der Waals surface area (Å²) in [7, 11) is 3.61. The van der Waals surface area contributed by atoms with E-state index in [1.807, 2.05) is 54.1 Å². The van der Waals surface area contributed by atoms with E-state index >= 15 is 0 Å². The van der Waals surface area contributed by atoms with Crippen molar-refractivity contribution in [2.24, 2.45) is 7.05 Å². The molecule has 3 heterocycles. The number of hydrogen-bond acceptors (Lipinski definition) is 4. The molecular formula is C22H21N5O2. The molecule has 0 radical (unpaired) electrons. The van der Waals surface area contributed by atoms with Crippen LogP contribution >= 0.6 is 0 Å². The zero-order valence-electron chi connectivity index (χ0n) is 16.3. The second kappa shape index (κ2) is 6.77. The Morgan fingerprint density at radius 1 is 1.14 bits per heavy atom. The van der Waals surface area contributed by atoms with Gasteiger partial charge in [-0.3, -0.25) is 4.79 Å². The highest BCUT2D eigenvalue weighted by Crippen LogP contribution is 2.29. The molecule has 0 saturated heterocycles. The highest BCUT2D eigenvalue weighted by molar-refractivity contribution is 5.94. The number of carbonyl (C=O) groups excluding carboxylic acids is 1. The van der Waals surface area contributed by atoms with Crippen LogP contribution in [-0.4, -0.2) is 39.1 Å². The molecule has 0 fully saturated rings. The lowest BCUT2D eigenvalue weighted by molar-refractivity contribution is 0.0950. The van der Waals surface area contributed by atoms with Gasteiger partial charge < -0.3 is 19.6 Å². The quantitative estimate of drug-likeness (QED) is 0.566. The summed E-state index contributed by atoms with van der Waals surface area (Å²) in [6.07, 6.45) is 0.679. The first kappa shape index (κ1) is 17.5. The molecule has 2 aromatic heterocycles. The summed E-state index contributed by atoms with van der Waals surface area (Å²) in [5, 5.41) is 3.00. The molecule has 7 heteroatoms. The van der Waals surface area contributed by atoms with Crippen LogP contribution in [0.3, 0.4) is 0 Å². The number of fused-ring (bicyclic) bond motifs is 2. The van der Waals surface area contributed by atoms with E-state index < -0.39 is 0 Å². The number of nitrogens with one attached hydrogen (secondary N) is 2. The zero-order chi connectivity index (χ0) is 20.0. The van der Waals surface area contributed by atoms with Gasteiger partial charge in [0, 0.05) is 25.2 Å². The van der Waals surface area contributed by atoms with E-state index in [1.165, 1.54) is 0 Å².